The van der Waals surface area contributed by atoms with Gasteiger partial charge in [-0.05, 0) is 62.8 Å². The van der Waals surface area contributed by atoms with Gasteiger partial charge in [0.05, 0.1) is 29.5 Å². The number of para-hydroxylation sites is 1. The van der Waals surface area contributed by atoms with Gasteiger partial charge in [0, 0.05) is 23.4 Å². The van der Waals surface area contributed by atoms with E-state index in [1.807, 2.05) is 59.1 Å². The number of fused-ring (bicyclic) bond motifs is 1. The monoisotopic (exact) mass is 463 g/mol. The Bertz CT molecular complexity index is 1270. The number of aromatic nitrogens is 3. The molecule has 1 saturated heterocycles. The standard InChI is InChI=1S/C25H26ClN5O2/c1-30-13-5-6-19(30)16-33-24-14-17(9-11-21(24)26)28-25-27-15-18-10-12-22(31(18)29-25)20-7-3-4-8-23(20)32-2/h3-4,7-12,14-15,19H,5-6,13,16H2,1-2H3,(H,28,29). The summed E-state index contributed by atoms with van der Waals surface area (Å²) in [6.45, 7) is 1.73. The fraction of sp³-hybridized carbons (Fsp3) is 0.280. The minimum absolute atomic E-state index is 0.422. The third kappa shape index (κ3) is 4.47. The lowest BCUT2D eigenvalue weighted by Crippen LogP contribution is -2.30. The maximum atomic E-state index is 6.39. The van der Waals surface area contributed by atoms with E-state index in [4.69, 9.17) is 26.2 Å². The molecular weight excluding hydrogens is 438 g/mol. The first-order valence-corrected chi connectivity index (χ1v) is 11.4. The van der Waals surface area contributed by atoms with E-state index in [0.29, 0.717) is 29.4 Å². The molecule has 1 aliphatic heterocycles. The third-order valence-corrected chi connectivity index (χ3v) is 6.38. The molecule has 0 saturated carbocycles. The van der Waals surface area contributed by atoms with Gasteiger partial charge in [-0.3, -0.25) is 0 Å². The summed E-state index contributed by atoms with van der Waals surface area (Å²) < 4.78 is 13.4. The molecule has 0 bridgehead atoms. The summed E-state index contributed by atoms with van der Waals surface area (Å²) in [5, 5.41) is 8.57. The molecule has 0 radical (unpaired) electrons. The van der Waals surface area contributed by atoms with Gasteiger partial charge in [-0.15, -0.1) is 5.10 Å². The maximum absolute atomic E-state index is 6.39. The molecule has 170 valence electrons. The second-order valence-corrected chi connectivity index (χ2v) is 8.60. The molecule has 33 heavy (non-hydrogen) atoms. The van der Waals surface area contributed by atoms with E-state index in [2.05, 4.69) is 22.2 Å². The van der Waals surface area contributed by atoms with Crippen LogP contribution in [0.3, 0.4) is 0 Å². The van der Waals surface area contributed by atoms with Gasteiger partial charge in [0.15, 0.2) is 0 Å². The summed E-state index contributed by atoms with van der Waals surface area (Å²) >= 11 is 6.39. The van der Waals surface area contributed by atoms with Gasteiger partial charge < -0.3 is 19.7 Å². The lowest BCUT2D eigenvalue weighted by molar-refractivity contribution is 0.198. The molecular formula is C25H26ClN5O2. The number of halogens is 1. The first kappa shape index (κ1) is 21.6. The molecule has 0 aliphatic carbocycles. The largest absolute Gasteiger partial charge is 0.496 e. The first-order chi connectivity index (χ1) is 16.1. The molecule has 4 aromatic rings. The van der Waals surface area contributed by atoms with Crippen molar-refractivity contribution in [2.75, 3.05) is 32.6 Å². The van der Waals surface area contributed by atoms with Gasteiger partial charge in [0.1, 0.15) is 18.1 Å². The van der Waals surface area contributed by atoms with Gasteiger partial charge >= 0.3 is 0 Å². The van der Waals surface area contributed by atoms with Crippen molar-refractivity contribution in [3.05, 3.63) is 65.8 Å². The molecule has 3 heterocycles. The van der Waals surface area contributed by atoms with Crippen LogP contribution in [0, 0.1) is 0 Å². The number of anilines is 2. The van der Waals surface area contributed by atoms with Gasteiger partial charge in [0.2, 0.25) is 5.95 Å². The van der Waals surface area contributed by atoms with E-state index in [1.165, 1.54) is 6.42 Å². The topological polar surface area (TPSA) is 63.9 Å². The van der Waals surface area contributed by atoms with E-state index in [9.17, 15) is 0 Å². The van der Waals surface area contributed by atoms with Crippen LogP contribution >= 0.6 is 11.6 Å². The van der Waals surface area contributed by atoms with Gasteiger partial charge in [-0.25, -0.2) is 9.50 Å². The van der Waals surface area contributed by atoms with E-state index in [0.717, 1.165) is 41.2 Å². The summed E-state index contributed by atoms with van der Waals surface area (Å²) in [4.78, 5) is 6.80. The average molecular weight is 464 g/mol. The summed E-state index contributed by atoms with van der Waals surface area (Å²) in [6.07, 6.45) is 4.14. The Kier molecular flexibility index (Phi) is 6.07. The second kappa shape index (κ2) is 9.29. The molecule has 5 rings (SSSR count). The van der Waals surface area contributed by atoms with Crippen LogP contribution in [0.1, 0.15) is 12.8 Å². The molecule has 1 unspecified atom stereocenters. The summed E-state index contributed by atoms with van der Waals surface area (Å²) in [6, 6.07) is 17.9. The van der Waals surface area contributed by atoms with Crippen LogP contribution in [0.4, 0.5) is 11.6 Å². The Balaban J connectivity index is 1.39. The number of benzene rings is 2. The van der Waals surface area contributed by atoms with Gasteiger partial charge in [-0.2, -0.15) is 0 Å². The minimum Gasteiger partial charge on any atom is -0.496 e. The van der Waals surface area contributed by atoms with Crippen molar-refractivity contribution in [3.63, 3.8) is 0 Å². The van der Waals surface area contributed by atoms with E-state index in [1.54, 1.807) is 13.3 Å². The number of nitrogens with one attached hydrogen (secondary N) is 1. The summed E-state index contributed by atoms with van der Waals surface area (Å²) in [5.41, 5.74) is 3.58. The summed E-state index contributed by atoms with van der Waals surface area (Å²) in [5.74, 6) is 1.91. The Labute approximate surface area is 197 Å². The van der Waals surface area contributed by atoms with Gasteiger partial charge in [0.25, 0.3) is 0 Å². The van der Waals surface area contributed by atoms with Crippen LogP contribution in [-0.4, -0.2) is 52.8 Å². The highest BCUT2D eigenvalue weighted by atomic mass is 35.5. The van der Waals surface area contributed by atoms with Crippen molar-refractivity contribution in [2.45, 2.75) is 18.9 Å². The molecule has 8 heteroatoms. The van der Waals surface area contributed by atoms with Crippen molar-refractivity contribution in [3.8, 4) is 22.8 Å². The highest BCUT2D eigenvalue weighted by Crippen LogP contribution is 2.32. The van der Waals surface area contributed by atoms with Crippen molar-refractivity contribution in [1.29, 1.82) is 0 Å². The molecule has 1 aliphatic rings. The van der Waals surface area contributed by atoms with Crippen molar-refractivity contribution >= 4 is 28.8 Å². The van der Waals surface area contributed by atoms with Crippen molar-refractivity contribution in [1.82, 2.24) is 19.5 Å². The predicted octanol–water partition coefficient (Wildman–Crippen LogP) is 5.27. The predicted molar refractivity (Wildman–Crippen MR) is 131 cm³/mol. The zero-order valence-electron chi connectivity index (χ0n) is 18.7. The van der Waals surface area contributed by atoms with Crippen LogP contribution in [0.25, 0.3) is 16.8 Å². The van der Waals surface area contributed by atoms with Crippen molar-refractivity contribution < 1.29 is 9.47 Å². The van der Waals surface area contributed by atoms with Crippen LogP contribution in [-0.2, 0) is 0 Å². The fourth-order valence-corrected chi connectivity index (χ4v) is 4.39. The molecule has 7 nitrogen and oxygen atoms in total. The number of methoxy groups -OCH3 is 1. The smallest absolute Gasteiger partial charge is 0.245 e. The molecule has 0 amide bonds. The van der Waals surface area contributed by atoms with Crippen LogP contribution in [0.2, 0.25) is 5.02 Å². The highest BCUT2D eigenvalue weighted by molar-refractivity contribution is 6.32. The molecule has 1 atom stereocenters. The fourth-order valence-electron chi connectivity index (χ4n) is 4.22. The Morgan fingerprint density at radius 2 is 2.00 bits per heavy atom. The molecule has 2 aromatic heterocycles. The molecule has 0 spiro atoms. The zero-order chi connectivity index (χ0) is 22.8. The Morgan fingerprint density at radius 3 is 2.82 bits per heavy atom. The number of likely N-dealkylation sites (N-methyl/N-ethyl adjacent to an activating group) is 1. The lowest BCUT2D eigenvalue weighted by Gasteiger charge is -2.20. The van der Waals surface area contributed by atoms with Crippen LogP contribution in [0.5, 0.6) is 11.5 Å². The number of hydrogen-bond donors (Lipinski definition) is 1. The third-order valence-electron chi connectivity index (χ3n) is 6.07. The van der Waals surface area contributed by atoms with Crippen LogP contribution < -0.4 is 14.8 Å². The zero-order valence-corrected chi connectivity index (χ0v) is 19.4. The second-order valence-electron chi connectivity index (χ2n) is 8.20. The van der Waals surface area contributed by atoms with Crippen LogP contribution in [0.15, 0.2) is 60.8 Å². The molecule has 1 fully saturated rings. The summed E-state index contributed by atoms with van der Waals surface area (Å²) in [7, 11) is 3.80. The van der Waals surface area contributed by atoms with E-state index >= 15 is 0 Å². The molecule has 2 aromatic carbocycles. The minimum atomic E-state index is 0.422. The van der Waals surface area contributed by atoms with Gasteiger partial charge in [-0.1, -0.05) is 23.7 Å². The first-order valence-electron chi connectivity index (χ1n) is 11.0. The normalized spacial score (nSPS) is 16.3. The Morgan fingerprint density at radius 1 is 1.12 bits per heavy atom. The SMILES string of the molecule is COc1ccccc1-c1ccc2cnc(Nc3ccc(Cl)c(OCC4CCCN4C)c3)nn12. The number of rotatable bonds is 7. The number of likely N-dealkylation sites (tertiary alicyclic amines) is 1. The van der Waals surface area contributed by atoms with E-state index in [-0.39, 0.29) is 0 Å². The van der Waals surface area contributed by atoms with Crippen molar-refractivity contribution in [2.24, 2.45) is 0 Å². The quantitative estimate of drug-likeness (QED) is 0.402. The number of ether oxygens (including phenoxy) is 2. The van der Waals surface area contributed by atoms with E-state index < -0.39 is 0 Å². The highest BCUT2D eigenvalue weighted by Gasteiger charge is 2.21. The number of hydrogen-bond acceptors (Lipinski definition) is 6. The average Bonchev–Trinajstić information content (AvgIpc) is 3.44. The number of nitrogens with zero attached hydrogens (tertiary/aromatic N) is 4. The molecule has 1 N–H and O–H groups in total. The Hall–Kier alpha value is -3.29. The lowest BCUT2D eigenvalue weighted by atomic mass is 10.1. The maximum Gasteiger partial charge on any atom is 0.245 e.